The standard InChI is InChI=1S/2C27H33.C2H7Si.2ClH.Zr/c2*1-27(2,3)24-15-13-22(14-16-24)25-12-8-11-23-18-21(19-26(23)25)17-20-9-6-4-5-7-10-20;1-3-2;;;/h2*8,11-16,18-20H,4-7,9-10,17H2,1-3H3;3H,1-2H3;2*1H;/q;;;;;+2/p-2. The van der Waals surface area contributed by atoms with Crippen molar-refractivity contribution in [3.05, 3.63) is 129 Å². The number of benzene rings is 4. The molecule has 4 aromatic rings. The average Bonchev–Trinajstić information content (AvgIpc) is 3.52. The third kappa shape index (κ3) is 8.66. The van der Waals surface area contributed by atoms with Gasteiger partial charge in [0.1, 0.15) is 0 Å². The molecule has 0 aromatic heterocycles. The van der Waals surface area contributed by atoms with E-state index in [0.717, 1.165) is 12.8 Å². The number of allylic oxidation sites excluding steroid dienone is 2. The van der Waals surface area contributed by atoms with E-state index in [1.165, 1.54) is 133 Å². The van der Waals surface area contributed by atoms with Crippen molar-refractivity contribution in [3.8, 4) is 22.3 Å². The van der Waals surface area contributed by atoms with Crippen LogP contribution in [0.3, 0.4) is 0 Å². The molecule has 2 unspecified atom stereocenters. The van der Waals surface area contributed by atoms with Gasteiger partial charge in [-0.1, -0.05) is 0 Å². The summed E-state index contributed by atoms with van der Waals surface area (Å²) < 4.78 is 0.244. The van der Waals surface area contributed by atoms with Gasteiger partial charge in [-0.05, 0) is 0 Å². The minimum atomic E-state index is -5.04. The van der Waals surface area contributed by atoms with E-state index in [-0.39, 0.29) is 18.1 Å². The number of fused-ring (bicyclic) bond motifs is 2. The Morgan fingerprint density at radius 3 is 1.17 bits per heavy atom. The Kier molecular flexibility index (Phi) is 13.1. The monoisotopic (exact) mass is 933 g/mol. The molecule has 0 amide bonds. The second-order valence-electron chi connectivity index (χ2n) is 22.1. The minimum absolute atomic E-state index is 0.114. The Labute approximate surface area is 373 Å². The van der Waals surface area contributed by atoms with Crippen molar-refractivity contribution in [2.24, 2.45) is 11.8 Å². The SMILES string of the molecule is C[SiH](C)[Zr]([Cl])([Cl])([CH]1C(CC2CCCCCC2)=Cc2c(-c3ccc(C(C)(C)C)cc3)cccc21)[CH]1C(CC2CCCCCC2)=Cc2c(-c3ccc(C(C)(C)C)cc3)cccc21. The van der Waals surface area contributed by atoms with Crippen molar-refractivity contribution in [3.63, 3.8) is 0 Å². The maximum absolute atomic E-state index is 9.18. The molecule has 4 aromatic carbocycles. The topological polar surface area (TPSA) is 0 Å². The molecule has 0 saturated heterocycles. The summed E-state index contributed by atoms with van der Waals surface area (Å²) in [6, 6.07) is 33.2. The van der Waals surface area contributed by atoms with Gasteiger partial charge in [0.2, 0.25) is 0 Å². The first kappa shape index (κ1) is 44.6. The van der Waals surface area contributed by atoms with Crippen molar-refractivity contribution in [1.29, 1.82) is 0 Å². The Morgan fingerprint density at radius 2 is 0.850 bits per heavy atom. The van der Waals surface area contributed by atoms with Gasteiger partial charge < -0.3 is 0 Å². The third-order valence-corrected chi connectivity index (χ3v) is 67.5. The quantitative estimate of drug-likeness (QED) is 0.116. The van der Waals surface area contributed by atoms with E-state index in [1.807, 2.05) is 0 Å². The van der Waals surface area contributed by atoms with Crippen molar-refractivity contribution in [1.82, 2.24) is 0 Å². The molecule has 0 heterocycles. The Hall–Kier alpha value is -1.96. The van der Waals surface area contributed by atoms with E-state index in [9.17, 15) is 17.0 Å². The average molecular weight is 936 g/mol. The van der Waals surface area contributed by atoms with E-state index in [4.69, 9.17) is 0 Å². The molecule has 0 nitrogen and oxygen atoms in total. The fraction of sp³-hybridized carbons (Fsp3) is 0.500. The van der Waals surface area contributed by atoms with E-state index in [0.29, 0.717) is 11.8 Å². The molecule has 0 aliphatic heterocycles. The Morgan fingerprint density at radius 1 is 0.500 bits per heavy atom. The van der Waals surface area contributed by atoms with Crippen LogP contribution in [0.4, 0.5) is 0 Å². The van der Waals surface area contributed by atoms with Gasteiger partial charge in [-0.25, -0.2) is 0 Å². The van der Waals surface area contributed by atoms with Crippen LogP contribution in [0.25, 0.3) is 34.4 Å². The normalized spacial score (nSPS) is 21.4. The summed E-state index contributed by atoms with van der Waals surface area (Å²) in [5.74, 6) is -0.319. The summed E-state index contributed by atoms with van der Waals surface area (Å²) >= 11 is -5.04. The summed E-state index contributed by atoms with van der Waals surface area (Å²) in [5, 5.41) is 0. The van der Waals surface area contributed by atoms with E-state index >= 15 is 0 Å². The van der Waals surface area contributed by atoms with Crippen molar-refractivity contribution in [2.45, 2.75) is 163 Å². The zero-order valence-corrected chi connectivity index (χ0v) is 43.4. The van der Waals surface area contributed by atoms with Crippen LogP contribution in [0.5, 0.6) is 0 Å². The van der Waals surface area contributed by atoms with Gasteiger partial charge in [-0.15, -0.1) is 0 Å². The third-order valence-electron chi connectivity index (χ3n) is 15.6. The molecule has 0 bridgehead atoms. The molecular weight excluding hydrogens is 863 g/mol. The van der Waals surface area contributed by atoms with Gasteiger partial charge in [0.25, 0.3) is 0 Å². The van der Waals surface area contributed by atoms with Gasteiger partial charge in [-0.3, -0.25) is 0 Å². The summed E-state index contributed by atoms with van der Waals surface area (Å²) in [4.78, 5) is 0. The van der Waals surface area contributed by atoms with Crippen molar-refractivity contribution in [2.75, 3.05) is 0 Å². The van der Waals surface area contributed by atoms with E-state index in [2.05, 4.69) is 152 Å². The van der Waals surface area contributed by atoms with Gasteiger partial charge in [-0.2, -0.15) is 0 Å². The van der Waals surface area contributed by atoms with Crippen LogP contribution in [0.15, 0.2) is 96.1 Å². The summed E-state index contributed by atoms with van der Waals surface area (Å²) in [6.45, 7) is 19.0. The van der Waals surface area contributed by atoms with Crippen LogP contribution in [-0.2, 0) is 26.4 Å². The number of hydrogen-bond acceptors (Lipinski definition) is 0. The molecule has 4 aliphatic rings. The predicted octanol–water partition coefficient (Wildman–Crippen LogP) is 17.9. The number of halogens is 2. The van der Waals surface area contributed by atoms with Gasteiger partial charge in [0, 0.05) is 0 Å². The molecule has 2 atom stereocenters. The molecule has 0 radical (unpaired) electrons. The molecule has 4 aliphatic carbocycles. The maximum atomic E-state index is 9.18. The summed E-state index contributed by atoms with van der Waals surface area (Å²) in [5.41, 5.74) is 17.1. The second kappa shape index (κ2) is 17.5. The fourth-order valence-corrected chi connectivity index (χ4v) is 43.4. The Bertz CT molecular complexity index is 2060. The first-order chi connectivity index (χ1) is 28.5. The van der Waals surface area contributed by atoms with Crippen LogP contribution < -0.4 is 0 Å². The second-order valence-corrected chi connectivity index (χ2v) is 64.6. The first-order valence-corrected chi connectivity index (χ1v) is 40.3. The van der Waals surface area contributed by atoms with Crippen LogP contribution >= 0.6 is 17.0 Å². The first-order valence-electron chi connectivity index (χ1n) is 24.0. The van der Waals surface area contributed by atoms with Crippen molar-refractivity contribution >= 4 is 35.1 Å². The van der Waals surface area contributed by atoms with E-state index in [1.54, 1.807) is 11.1 Å². The van der Waals surface area contributed by atoms with Crippen molar-refractivity contribution < 1.29 is 15.6 Å². The van der Waals surface area contributed by atoms with Crippen LogP contribution in [0, 0.1) is 11.8 Å². The summed E-state index contributed by atoms with van der Waals surface area (Å²) in [7, 11) is 18.4. The molecule has 4 heteroatoms. The Balaban J connectivity index is 1.31. The van der Waals surface area contributed by atoms with Gasteiger partial charge in [0.15, 0.2) is 0 Å². The number of rotatable bonds is 9. The van der Waals surface area contributed by atoms with Gasteiger partial charge >= 0.3 is 377 Å². The predicted molar refractivity (Wildman–Crippen MR) is 265 cm³/mol. The molecule has 2 saturated carbocycles. The molecule has 0 spiro atoms. The molecule has 0 N–H and O–H groups in total. The van der Waals surface area contributed by atoms with Crippen LogP contribution in [0.2, 0.25) is 13.1 Å². The van der Waals surface area contributed by atoms with Crippen LogP contribution in [0.1, 0.15) is 172 Å². The van der Waals surface area contributed by atoms with Gasteiger partial charge in [0.05, 0.1) is 0 Å². The molecule has 2 fully saturated rings. The van der Waals surface area contributed by atoms with Crippen LogP contribution in [-0.4, -0.2) is 5.92 Å². The molecule has 319 valence electrons. The zero-order chi connectivity index (χ0) is 42.5. The van der Waals surface area contributed by atoms with E-state index < -0.39 is 21.5 Å². The number of hydrogen-bond donors (Lipinski definition) is 0. The fourth-order valence-electron chi connectivity index (χ4n) is 12.0. The molecular formula is C56H73Cl2SiZr. The zero-order valence-electron chi connectivity index (χ0n) is 38.3. The molecule has 8 rings (SSSR count). The summed E-state index contributed by atoms with van der Waals surface area (Å²) in [6.07, 6.45) is 23.7. The molecule has 60 heavy (non-hydrogen) atoms.